The van der Waals surface area contributed by atoms with Crippen LogP contribution in [-0.2, 0) is 0 Å². The maximum Gasteiger partial charge on any atom is 0.0294 e. The molecule has 1 nitrogen and oxygen atoms in total. The fourth-order valence-corrected chi connectivity index (χ4v) is 3.09. The summed E-state index contributed by atoms with van der Waals surface area (Å²) in [5, 5.41) is 3.83. The zero-order valence-electron chi connectivity index (χ0n) is 12.2. The van der Waals surface area contributed by atoms with E-state index < -0.39 is 0 Å². The lowest BCUT2D eigenvalue weighted by Crippen LogP contribution is -2.41. The summed E-state index contributed by atoms with van der Waals surface area (Å²) in [7, 11) is 0. The highest BCUT2D eigenvalue weighted by atomic mass is 15.0. The lowest BCUT2D eigenvalue weighted by molar-refractivity contribution is 0.196. The maximum absolute atomic E-state index is 3.83. The van der Waals surface area contributed by atoms with Crippen LogP contribution in [0.15, 0.2) is 24.3 Å². The van der Waals surface area contributed by atoms with Crippen molar-refractivity contribution in [2.45, 2.75) is 59.0 Å². The zero-order valence-corrected chi connectivity index (χ0v) is 12.2. The average molecular weight is 245 g/mol. The van der Waals surface area contributed by atoms with Gasteiger partial charge in [0.25, 0.3) is 0 Å². The molecule has 0 heterocycles. The molecule has 1 fully saturated rings. The van der Waals surface area contributed by atoms with Gasteiger partial charge in [-0.25, -0.2) is 0 Å². The first-order valence-electron chi connectivity index (χ1n) is 7.40. The molecule has 100 valence electrons. The fraction of sp³-hybridized carbons (Fsp3) is 0.647. The SMILES string of the molecule is Cc1ccc(C(C)NC2CCCC(C)C2C)cc1. The molecule has 0 radical (unpaired) electrons. The van der Waals surface area contributed by atoms with E-state index >= 15 is 0 Å². The number of benzene rings is 1. The number of aryl methyl sites for hydroxylation is 1. The van der Waals surface area contributed by atoms with E-state index in [1.165, 1.54) is 30.4 Å². The largest absolute Gasteiger partial charge is 0.307 e. The molecule has 0 aromatic heterocycles. The first-order valence-corrected chi connectivity index (χ1v) is 7.40. The summed E-state index contributed by atoms with van der Waals surface area (Å²) in [6.07, 6.45) is 4.11. The second kappa shape index (κ2) is 5.88. The van der Waals surface area contributed by atoms with Crippen LogP contribution in [0.2, 0.25) is 0 Å². The third kappa shape index (κ3) is 3.14. The van der Waals surface area contributed by atoms with Crippen LogP contribution in [0.1, 0.15) is 57.2 Å². The van der Waals surface area contributed by atoms with Gasteiger partial charge in [-0.3, -0.25) is 0 Å². The zero-order chi connectivity index (χ0) is 13.1. The van der Waals surface area contributed by atoms with Gasteiger partial charge in [-0.05, 0) is 37.7 Å². The Balaban J connectivity index is 1.98. The lowest BCUT2D eigenvalue weighted by atomic mass is 9.77. The van der Waals surface area contributed by atoms with Crippen molar-refractivity contribution < 1.29 is 0 Å². The van der Waals surface area contributed by atoms with E-state index in [0.717, 1.165) is 11.8 Å². The van der Waals surface area contributed by atoms with Crippen LogP contribution in [-0.4, -0.2) is 6.04 Å². The maximum atomic E-state index is 3.83. The van der Waals surface area contributed by atoms with Crippen molar-refractivity contribution in [3.63, 3.8) is 0 Å². The van der Waals surface area contributed by atoms with Gasteiger partial charge in [-0.2, -0.15) is 0 Å². The number of nitrogens with one attached hydrogen (secondary N) is 1. The van der Waals surface area contributed by atoms with Gasteiger partial charge in [0.2, 0.25) is 0 Å². The van der Waals surface area contributed by atoms with Crippen LogP contribution in [0.4, 0.5) is 0 Å². The van der Waals surface area contributed by atoms with Crippen molar-refractivity contribution in [1.29, 1.82) is 0 Å². The molecule has 4 atom stereocenters. The number of hydrogen-bond acceptors (Lipinski definition) is 1. The van der Waals surface area contributed by atoms with Crippen molar-refractivity contribution in [3.05, 3.63) is 35.4 Å². The molecule has 2 rings (SSSR count). The Morgan fingerprint density at radius 1 is 1.11 bits per heavy atom. The molecule has 1 aliphatic carbocycles. The van der Waals surface area contributed by atoms with Gasteiger partial charge in [0.05, 0.1) is 0 Å². The second-order valence-corrected chi connectivity index (χ2v) is 6.17. The van der Waals surface area contributed by atoms with Crippen LogP contribution < -0.4 is 5.32 Å². The highest BCUT2D eigenvalue weighted by Gasteiger charge is 2.27. The number of hydrogen-bond donors (Lipinski definition) is 1. The highest BCUT2D eigenvalue weighted by Crippen LogP contribution is 2.31. The molecule has 0 bridgehead atoms. The van der Waals surface area contributed by atoms with E-state index in [1.807, 2.05) is 0 Å². The molecule has 1 aromatic rings. The Kier molecular flexibility index (Phi) is 4.45. The van der Waals surface area contributed by atoms with Gasteiger partial charge in [-0.15, -0.1) is 0 Å². The topological polar surface area (TPSA) is 12.0 Å². The summed E-state index contributed by atoms with van der Waals surface area (Å²) in [5.74, 6) is 1.66. The van der Waals surface area contributed by atoms with Crippen LogP contribution in [0.5, 0.6) is 0 Å². The third-order valence-corrected chi connectivity index (χ3v) is 4.75. The van der Waals surface area contributed by atoms with E-state index in [9.17, 15) is 0 Å². The van der Waals surface area contributed by atoms with Crippen LogP contribution >= 0.6 is 0 Å². The van der Waals surface area contributed by atoms with E-state index in [2.05, 4.69) is 57.3 Å². The molecule has 0 saturated heterocycles. The summed E-state index contributed by atoms with van der Waals surface area (Å²) in [6, 6.07) is 10.1. The summed E-state index contributed by atoms with van der Waals surface area (Å²) in [5.41, 5.74) is 2.75. The third-order valence-electron chi connectivity index (χ3n) is 4.75. The average Bonchev–Trinajstić information content (AvgIpc) is 2.36. The fourth-order valence-electron chi connectivity index (χ4n) is 3.09. The van der Waals surface area contributed by atoms with Gasteiger partial charge in [-0.1, -0.05) is 56.5 Å². The Morgan fingerprint density at radius 3 is 2.44 bits per heavy atom. The minimum Gasteiger partial charge on any atom is -0.307 e. The molecule has 1 heteroatoms. The van der Waals surface area contributed by atoms with Gasteiger partial charge in [0, 0.05) is 12.1 Å². The van der Waals surface area contributed by atoms with Gasteiger partial charge in [0.15, 0.2) is 0 Å². The minimum atomic E-state index is 0.461. The normalized spacial score (nSPS) is 30.1. The lowest BCUT2D eigenvalue weighted by Gasteiger charge is -2.36. The monoisotopic (exact) mass is 245 g/mol. The molecular formula is C17H27N. The quantitative estimate of drug-likeness (QED) is 0.828. The van der Waals surface area contributed by atoms with Crippen molar-refractivity contribution in [1.82, 2.24) is 5.32 Å². The molecule has 0 aliphatic heterocycles. The molecule has 1 saturated carbocycles. The molecule has 1 aromatic carbocycles. The van der Waals surface area contributed by atoms with Crippen molar-refractivity contribution >= 4 is 0 Å². The molecule has 1 N–H and O–H groups in total. The smallest absolute Gasteiger partial charge is 0.0294 e. The predicted molar refractivity (Wildman–Crippen MR) is 78.7 cm³/mol. The minimum absolute atomic E-state index is 0.461. The summed E-state index contributed by atoms with van der Waals surface area (Å²) in [4.78, 5) is 0. The summed E-state index contributed by atoms with van der Waals surface area (Å²) in [6.45, 7) is 9.24. The second-order valence-electron chi connectivity index (χ2n) is 6.17. The van der Waals surface area contributed by atoms with E-state index in [4.69, 9.17) is 0 Å². The summed E-state index contributed by atoms with van der Waals surface area (Å²) >= 11 is 0. The molecule has 0 spiro atoms. The first-order chi connectivity index (χ1) is 8.58. The first kappa shape index (κ1) is 13.6. The van der Waals surface area contributed by atoms with Crippen LogP contribution in [0, 0.1) is 18.8 Å². The van der Waals surface area contributed by atoms with E-state index in [0.29, 0.717) is 12.1 Å². The van der Waals surface area contributed by atoms with Gasteiger partial charge in [0.1, 0.15) is 0 Å². The molecule has 4 unspecified atom stereocenters. The van der Waals surface area contributed by atoms with Crippen molar-refractivity contribution in [2.75, 3.05) is 0 Å². The summed E-state index contributed by atoms with van der Waals surface area (Å²) < 4.78 is 0. The Morgan fingerprint density at radius 2 is 1.78 bits per heavy atom. The van der Waals surface area contributed by atoms with E-state index in [-0.39, 0.29) is 0 Å². The highest BCUT2D eigenvalue weighted by molar-refractivity contribution is 5.23. The standard InChI is InChI=1S/C17H27N/c1-12-8-10-16(11-9-12)15(4)18-17-7-5-6-13(2)14(17)3/h8-11,13-15,17-18H,5-7H2,1-4H3. The van der Waals surface area contributed by atoms with Gasteiger partial charge >= 0.3 is 0 Å². The van der Waals surface area contributed by atoms with Crippen molar-refractivity contribution in [3.8, 4) is 0 Å². The molecular weight excluding hydrogens is 218 g/mol. The Bertz CT molecular complexity index is 368. The van der Waals surface area contributed by atoms with Gasteiger partial charge < -0.3 is 5.32 Å². The van der Waals surface area contributed by atoms with Crippen molar-refractivity contribution in [2.24, 2.45) is 11.8 Å². The van der Waals surface area contributed by atoms with Crippen LogP contribution in [0.25, 0.3) is 0 Å². The number of rotatable bonds is 3. The Hall–Kier alpha value is -0.820. The molecule has 0 amide bonds. The van der Waals surface area contributed by atoms with E-state index in [1.54, 1.807) is 0 Å². The molecule has 1 aliphatic rings. The van der Waals surface area contributed by atoms with Crippen LogP contribution in [0.3, 0.4) is 0 Å². The molecule has 18 heavy (non-hydrogen) atoms. The Labute approximate surface area is 112 Å². The predicted octanol–water partition coefficient (Wildman–Crippen LogP) is 4.47.